The zero-order chi connectivity index (χ0) is 16.8. The van der Waals surface area contributed by atoms with E-state index in [0.29, 0.717) is 0 Å². The van der Waals surface area contributed by atoms with Crippen LogP contribution in [0.1, 0.15) is 19.4 Å². The molecule has 0 spiro atoms. The Hall–Kier alpha value is -1.95. The molecule has 1 N–H and O–H groups in total. The average molecular weight is 331 g/mol. The number of esters is 2. The summed E-state index contributed by atoms with van der Waals surface area (Å²) in [7, 11) is 1.39. The summed E-state index contributed by atoms with van der Waals surface area (Å²) in [5.41, 5.74) is 0.274. The number of para-hydroxylation sites is 1. The summed E-state index contributed by atoms with van der Waals surface area (Å²) in [5, 5.41) is 10.1. The highest BCUT2D eigenvalue weighted by atomic mass is 35.5. The van der Waals surface area contributed by atoms with Crippen molar-refractivity contribution in [1.82, 2.24) is 0 Å². The van der Waals surface area contributed by atoms with Gasteiger partial charge in [-0.25, -0.2) is 9.59 Å². The molecule has 6 nitrogen and oxygen atoms in total. The van der Waals surface area contributed by atoms with Crippen LogP contribution in [0, 0.1) is 0 Å². The summed E-state index contributed by atoms with van der Waals surface area (Å²) in [6.07, 6.45) is -0.282. The molecule has 1 rings (SSSR count). The minimum atomic E-state index is -2.06. The lowest BCUT2D eigenvalue weighted by atomic mass is 9.97. The molecule has 0 aliphatic heterocycles. The summed E-state index contributed by atoms with van der Waals surface area (Å²) in [4.78, 5) is 22.1. The van der Waals surface area contributed by atoms with Crippen molar-refractivity contribution in [1.29, 1.82) is 0 Å². The number of aromatic hydroxyl groups is 1. The van der Waals surface area contributed by atoms with E-state index in [1.807, 2.05) is 0 Å². The Morgan fingerprint density at radius 1 is 1.18 bits per heavy atom. The first-order valence-corrected chi connectivity index (χ1v) is 7.16. The zero-order valence-electron chi connectivity index (χ0n) is 12.7. The van der Waals surface area contributed by atoms with Gasteiger partial charge in [0.15, 0.2) is 11.5 Å². The number of phenols is 1. The van der Waals surface area contributed by atoms with Gasteiger partial charge in [0.25, 0.3) is 0 Å². The molecule has 0 atom stereocenters. The van der Waals surface area contributed by atoms with E-state index in [9.17, 15) is 14.7 Å². The van der Waals surface area contributed by atoms with Gasteiger partial charge in [-0.1, -0.05) is 23.7 Å². The predicted octanol–water partition coefficient (Wildman–Crippen LogP) is 2.05. The normalized spacial score (nSPS) is 10.9. The van der Waals surface area contributed by atoms with Crippen molar-refractivity contribution in [3.63, 3.8) is 0 Å². The molecule has 0 aromatic heterocycles. The third kappa shape index (κ3) is 3.82. The quantitative estimate of drug-likeness (QED) is 0.468. The number of carbonyl (C=O) groups excluding carboxylic acids is 2. The Labute approximate surface area is 133 Å². The van der Waals surface area contributed by atoms with Crippen molar-refractivity contribution in [3.8, 4) is 11.5 Å². The number of alkyl halides is 1. The van der Waals surface area contributed by atoms with E-state index in [1.165, 1.54) is 13.2 Å². The third-order valence-corrected chi connectivity index (χ3v) is 3.38. The molecule has 1 aromatic rings. The fraction of sp³-hybridized carbons (Fsp3) is 0.467. The van der Waals surface area contributed by atoms with Crippen LogP contribution >= 0.6 is 11.6 Å². The number of carbonyl (C=O) groups is 2. The van der Waals surface area contributed by atoms with Crippen LogP contribution in [0.25, 0.3) is 0 Å². The van der Waals surface area contributed by atoms with E-state index < -0.39 is 16.8 Å². The molecule has 0 bridgehead atoms. The molecule has 0 saturated carbocycles. The van der Waals surface area contributed by atoms with Crippen LogP contribution in [0.2, 0.25) is 0 Å². The highest BCUT2D eigenvalue weighted by Gasteiger charge is 2.48. The van der Waals surface area contributed by atoms with E-state index >= 15 is 0 Å². The molecular formula is C15H19ClO6. The molecule has 122 valence electrons. The predicted molar refractivity (Wildman–Crippen MR) is 80.2 cm³/mol. The van der Waals surface area contributed by atoms with Crippen LogP contribution < -0.4 is 4.74 Å². The topological polar surface area (TPSA) is 82.1 Å². The van der Waals surface area contributed by atoms with Gasteiger partial charge in [0.05, 0.1) is 20.3 Å². The monoisotopic (exact) mass is 330 g/mol. The molecule has 7 heteroatoms. The van der Waals surface area contributed by atoms with Crippen molar-refractivity contribution in [3.05, 3.63) is 23.8 Å². The number of phenolic OH excluding ortho intramolecular Hbond substituents is 1. The number of hydrogen-bond donors (Lipinski definition) is 1. The van der Waals surface area contributed by atoms with E-state index in [0.717, 1.165) is 0 Å². The molecule has 0 heterocycles. The Balaban J connectivity index is 3.18. The molecule has 0 amide bonds. The molecule has 0 saturated heterocycles. The molecule has 0 radical (unpaired) electrons. The fourth-order valence-electron chi connectivity index (χ4n) is 1.86. The molecule has 0 aliphatic rings. The molecule has 1 aromatic carbocycles. The maximum absolute atomic E-state index is 12.1. The lowest BCUT2D eigenvalue weighted by Crippen LogP contribution is -2.45. The van der Waals surface area contributed by atoms with Gasteiger partial charge in [0.2, 0.25) is 4.87 Å². The maximum atomic E-state index is 12.1. The third-order valence-electron chi connectivity index (χ3n) is 2.93. The van der Waals surface area contributed by atoms with E-state index in [2.05, 4.69) is 0 Å². The number of hydrogen-bond acceptors (Lipinski definition) is 6. The Morgan fingerprint density at radius 3 is 2.18 bits per heavy atom. The number of rotatable bonds is 7. The smallest absolute Gasteiger partial charge is 0.339 e. The van der Waals surface area contributed by atoms with E-state index in [-0.39, 0.29) is 36.7 Å². The largest absolute Gasteiger partial charge is 0.504 e. The van der Waals surface area contributed by atoms with Gasteiger partial charge in [0, 0.05) is 12.0 Å². The summed E-state index contributed by atoms with van der Waals surface area (Å²) in [5.74, 6) is -1.82. The van der Waals surface area contributed by atoms with Crippen LogP contribution in [0.3, 0.4) is 0 Å². The van der Waals surface area contributed by atoms with Crippen molar-refractivity contribution in [2.45, 2.75) is 25.1 Å². The first-order valence-electron chi connectivity index (χ1n) is 6.78. The van der Waals surface area contributed by atoms with Gasteiger partial charge in [-0.15, -0.1) is 0 Å². The second-order valence-corrected chi connectivity index (χ2v) is 5.03. The Kier molecular flexibility index (Phi) is 6.49. The summed E-state index contributed by atoms with van der Waals surface area (Å²) in [6, 6.07) is 4.69. The standard InChI is InChI=1S/C15H19ClO6/c1-4-21-13(18)15(16,14(19)22-5-2)9-10-7-6-8-11(20-3)12(10)17/h6-8,17H,4-5,9H2,1-3H3. The average Bonchev–Trinajstić information content (AvgIpc) is 2.49. The first kappa shape index (κ1) is 18.1. The molecule has 0 aliphatic carbocycles. The van der Waals surface area contributed by atoms with Crippen LogP contribution in [0.4, 0.5) is 0 Å². The van der Waals surface area contributed by atoms with Gasteiger partial charge in [-0.05, 0) is 19.9 Å². The van der Waals surface area contributed by atoms with Crippen molar-refractivity contribution >= 4 is 23.5 Å². The number of ether oxygens (including phenoxy) is 3. The van der Waals surface area contributed by atoms with Crippen LogP contribution in [0.5, 0.6) is 11.5 Å². The summed E-state index contributed by atoms with van der Waals surface area (Å²) < 4.78 is 14.7. The van der Waals surface area contributed by atoms with Crippen molar-refractivity contribution < 1.29 is 28.9 Å². The minimum absolute atomic E-state index is 0.0663. The van der Waals surface area contributed by atoms with Crippen LogP contribution in [-0.2, 0) is 25.5 Å². The van der Waals surface area contributed by atoms with Gasteiger partial charge < -0.3 is 19.3 Å². The van der Waals surface area contributed by atoms with Crippen LogP contribution in [-0.4, -0.2) is 42.2 Å². The highest BCUT2D eigenvalue weighted by molar-refractivity contribution is 6.44. The number of halogens is 1. The minimum Gasteiger partial charge on any atom is -0.504 e. The molecule has 0 fully saturated rings. The van der Waals surface area contributed by atoms with Gasteiger partial charge in [0.1, 0.15) is 0 Å². The van der Waals surface area contributed by atoms with E-state index in [4.69, 9.17) is 25.8 Å². The van der Waals surface area contributed by atoms with Gasteiger partial charge >= 0.3 is 11.9 Å². The lowest BCUT2D eigenvalue weighted by molar-refractivity contribution is -0.159. The maximum Gasteiger partial charge on any atom is 0.339 e. The van der Waals surface area contributed by atoms with Gasteiger partial charge in [-0.2, -0.15) is 0 Å². The lowest BCUT2D eigenvalue weighted by Gasteiger charge is -2.23. The molecular weight excluding hydrogens is 312 g/mol. The molecule has 22 heavy (non-hydrogen) atoms. The van der Waals surface area contributed by atoms with Crippen molar-refractivity contribution in [2.24, 2.45) is 0 Å². The fourth-order valence-corrected chi connectivity index (χ4v) is 2.11. The second-order valence-electron chi connectivity index (χ2n) is 4.39. The Bertz CT molecular complexity index is 525. The summed E-state index contributed by atoms with van der Waals surface area (Å²) >= 11 is 6.20. The Morgan fingerprint density at radius 2 is 1.73 bits per heavy atom. The van der Waals surface area contributed by atoms with Crippen molar-refractivity contribution in [2.75, 3.05) is 20.3 Å². The molecule has 0 unspecified atom stereocenters. The highest BCUT2D eigenvalue weighted by Crippen LogP contribution is 2.34. The van der Waals surface area contributed by atoms with E-state index in [1.54, 1.807) is 26.0 Å². The first-order chi connectivity index (χ1) is 10.4. The van der Waals surface area contributed by atoms with Gasteiger partial charge in [-0.3, -0.25) is 0 Å². The second kappa shape index (κ2) is 7.89. The number of methoxy groups -OCH3 is 1. The van der Waals surface area contributed by atoms with Crippen LogP contribution in [0.15, 0.2) is 18.2 Å². The number of benzene rings is 1. The SMILES string of the molecule is CCOC(=O)C(Cl)(Cc1cccc(OC)c1O)C(=O)OCC. The zero-order valence-corrected chi connectivity index (χ0v) is 13.5. The summed E-state index contributed by atoms with van der Waals surface area (Å²) in [6.45, 7) is 3.33.